The Hall–Kier alpha value is -1.10. The van der Waals surface area contributed by atoms with Crippen LogP contribution in [-0.4, -0.2) is 59.9 Å². The maximum atomic E-state index is 12.6. The number of carbonyl (C=O) groups excluding carboxylic acids is 2. The standard InChI is InChI=1S/C14H23N3O2/c1-10-8-11(4-5-15-10)14(19)16-6-7-17-12(9-16)2-3-13(17)18/h10-12,15H,2-9H2,1H3. The molecule has 0 spiro atoms. The summed E-state index contributed by atoms with van der Waals surface area (Å²) in [4.78, 5) is 28.2. The maximum Gasteiger partial charge on any atom is 0.225 e. The zero-order valence-electron chi connectivity index (χ0n) is 11.6. The summed E-state index contributed by atoms with van der Waals surface area (Å²) in [5, 5.41) is 3.39. The van der Waals surface area contributed by atoms with Crippen molar-refractivity contribution in [3.05, 3.63) is 0 Å². The van der Waals surface area contributed by atoms with Crippen LogP contribution < -0.4 is 5.32 Å². The van der Waals surface area contributed by atoms with E-state index in [4.69, 9.17) is 0 Å². The van der Waals surface area contributed by atoms with E-state index in [1.54, 1.807) is 0 Å². The van der Waals surface area contributed by atoms with Gasteiger partial charge in [0.15, 0.2) is 0 Å². The minimum absolute atomic E-state index is 0.180. The van der Waals surface area contributed by atoms with Gasteiger partial charge >= 0.3 is 0 Å². The Morgan fingerprint density at radius 3 is 2.95 bits per heavy atom. The number of carbonyl (C=O) groups is 2. The second-order valence-corrected chi connectivity index (χ2v) is 6.14. The molecule has 0 aromatic heterocycles. The van der Waals surface area contributed by atoms with Crippen LogP contribution in [-0.2, 0) is 9.59 Å². The number of hydrogen-bond acceptors (Lipinski definition) is 3. The molecule has 3 aliphatic heterocycles. The number of nitrogens with zero attached hydrogens (tertiary/aromatic N) is 2. The van der Waals surface area contributed by atoms with Crippen LogP contribution >= 0.6 is 0 Å². The zero-order chi connectivity index (χ0) is 13.4. The Labute approximate surface area is 114 Å². The van der Waals surface area contributed by atoms with Crippen LogP contribution in [0.3, 0.4) is 0 Å². The molecule has 106 valence electrons. The highest BCUT2D eigenvalue weighted by Gasteiger charge is 2.38. The lowest BCUT2D eigenvalue weighted by Gasteiger charge is -2.40. The molecule has 0 aromatic carbocycles. The molecule has 3 atom stereocenters. The van der Waals surface area contributed by atoms with Crippen LogP contribution in [0, 0.1) is 5.92 Å². The molecule has 0 bridgehead atoms. The number of piperidine rings is 1. The van der Waals surface area contributed by atoms with Crippen LogP contribution in [0.4, 0.5) is 0 Å². The number of nitrogens with one attached hydrogen (secondary N) is 1. The largest absolute Gasteiger partial charge is 0.339 e. The third-order valence-electron chi connectivity index (χ3n) is 4.78. The molecule has 0 aromatic rings. The summed E-state index contributed by atoms with van der Waals surface area (Å²) < 4.78 is 0. The quantitative estimate of drug-likeness (QED) is 0.737. The predicted octanol–water partition coefficient (Wildman–Crippen LogP) is 0.208. The third kappa shape index (κ3) is 2.48. The number of piperazine rings is 1. The number of hydrogen-bond donors (Lipinski definition) is 1. The fourth-order valence-electron chi connectivity index (χ4n) is 3.68. The molecule has 3 heterocycles. The van der Waals surface area contributed by atoms with Crippen molar-refractivity contribution in [3.8, 4) is 0 Å². The molecule has 0 aliphatic carbocycles. The summed E-state index contributed by atoms with van der Waals surface area (Å²) in [6.07, 6.45) is 3.48. The van der Waals surface area contributed by atoms with Crippen molar-refractivity contribution in [3.63, 3.8) is 0 Å². The summed E-state index contributed by atoms with van der Waals surface area (Å²) in [7, 11) is 0. The predicted molar refractivity (Wildman–Crippen MR) is 71.5 cm³/mol. The van der Waals surface area contributed by atoms with Crippen LogP contribution in [0.25, 0.3) is 0 Å². The molecule has 19 heavy (non-hydrogen) atoms. The Kier molecular flexibility index (Phi) is 3.48. The number of amides is 2. The Morgan fingerprint density at radius 2 is 2.16 bits per heavy atom. The Balaban J connectivity index is 1.60. The number of fused-ring (bicyclic) bond motifs is 1. The molecule has 3 fully saturated rings. The van der Waals surface area contributed by atoms with Gasteiger partial charge in [-0.05, 0) is 32.7 Å². The average molecular weight is 265 g/mol. The highest BCUT2D eigenvalue weighted by molar-refractivity contribution is 5.81. The second kappa shape index (κ2) is 5.12. The van der Waals surface area contributed by atoms with E-state index in [2.05, 4.69) is 12.2 Å². The molecule has 3 saturated heterocycles. The summed E-state index contributed by atoms with van der Waals surface area (Å²) in [6, 6.07) is 0.724. The minimum atomic E-state index is 0.180. The lowest BCUT2D eigenvalue weighted by molar-refractivity contribution is -0.142. The van der Waals surface area contributed by atoms with E-state index < -0.39 is 0 Å². The van der Waals surface area contributed by atoms with Crippen LogP contribution in [0.15, 0.2) is 0 Å². The van der Waals surface area contributed by atoms with Crippen molar-refractivity contribution >= 4 is 11.8 Å². The Bertz CT molecular complexity index is 385. The van der Waals surface area contributed by atoms with Crippen LogP contribution in [0.5, 0.6) is 0 Å². The smallest absolute Gasteiger partial charge is 0.225 e. The normalized spacial score (nSPS) is 35.4. The summed E-state index contributed by atoms with van der Waals surface area (Å²) in [6.45, 7) is 5.30. The van der Waals surface area contributed by atoms with Crippen molar-refractivity contribution in [2.24, 2.45) is 5.92 Å². The minimum Gasteiger partial charge on any atom is -0.339 e. The number of rotatable bonds is 1. The van der Waals surface area contributed by atoms with E-state index in [1.807, 2.05) is 9.80 Å². The van der Waals surface area contributed by atoms with E-state index in [0.29, 0.717) is 18.4 Å². The highest BCUT2D eigenvalue weighted by atomic mass is 16.2. The molecule has 1 N–H and O–H groups in total. The topological polar surface area (TPSA) is 52.7 Å². The molecule has 2 amide bonds. The van der Waals surface area contributed by atoms with E-state index in [0.717, 1.165) is 45.4 Å². The van der Waals surface area contributed by atoms with Gasteiger partial charge in [0.05, 0.1) is 0 Å². The monoisotopic (exact) mass is 265 g/mol. The first-order valence-electron chi connectivity index (χ1n) is 7.47. The Morgan fingerprint density at radius 1 is 1.32 bits per heavy atom. The fraction of sp³-hybridized carbons (Fsp3) is 0.857. The van der Waals surface area contributed by atoms with Crippen LogP contribution in [0.2, 0.25) is 0 Å². The van der Waals surface area contributed by atoms with E-state index >= 15 is 0 Å². The van der Waals surface area contributed by atoms with Gasteiger partial charge in [-0.3, -0.25) is 9.59 Å². The van der Waals surface area contributed by atoms with E-state index in [9.17, 15) is 9.59 Å². The molecule has 0 saturated carbocycles. The zero-order valence-corrected chi connectivity index (χ0v) is 11.6. The van der Waals surface area contributed by atoms with Gasteiger partial charge in [-0.2, -0.15) is 0 Å². The van der Waals surface area contributed by atoms with Gasteiger partial charge in [0.25, 0.3) is 0 Å². The van der Waals surface area contributed by atoms with Gasteiger partial charge in [-0.15, -0.1) is 0 Å². The molecule has 3 rings (SSSR count). The average Bonchev–Trinajstić information content (AvgIpc) is 2.79. The van der Waals surface area contributed by atoms with Crippen molar-refractivity contribution in [1.82, 2.24) is 15.1 Å². The van der Waals surface area contributed by atoms with Crippen molar-refractivity contribution in [2.45, 2.75) is 44.7 Å². The van der Waals surface area contributed by atoms with E-state index in [-0.39, 0.29) is 17.9 Å². The van der Waals surface area contributed by atoms with Gasteiger partial charge in [0.1, 0.15) is 0 Å². The molecule has 3 aliphatic rings. The van der Waals surface area contributed by atoms with Gasteiger partial charge < -0.3 is 15.1 Å². The third-order valence-corrected chi connectivity index (χ3v) is 4.78. The first-order chi connectivity index (χ1) is 9.15. The molecular weight excluding hydrogens is 242 g/mol. The van der Waals surface area contributed by atoms with Crippen molar-refractivity contribution in [2.75, 3.05) is 26.2 Å². The summed E-state index contributed by atoms with van der Waals surface area (Å²) >= 11 is 0. The van der Waals surface area contributed by atoms with Crippen molar-refractivity contribution < 1.29 is 9.59 Å². The highest BCUT2D eigenvalue weighted by Crippen LogP contribution is 2.25. The molecule has 3 unspecified atom stereocenters. The molecule has 0 radical (unpaired) electrons. The van der Waals surface area contributed by atoms with Gasteiger partial charge in [-0.1, -0.05) is 0 Å². The second-order valence-electron chi connectivity index (χ2n) is 6.14. The maximum absolute atomic E-state index is 12.6. The fourth-order valence-corrected chi connectivity index (χ4v) is 3.68. The SMILES string of the molecule is CC1CC(C(=O)N2CCN3C(=O)CCC3C2)CCN1. The summed E-state index contributed by atoms with van der Waals surface area (Å²) in [5.41, 5.74) is 0. The lowest BCUT2D eigenvalue weighted by Crippen LogP contribution is -2.55. The molecule has 5 heteroatoms. The summed E-state index contributed by atoms with van der Waals surface area (Å²) in [5.74, 6) is 0.764. The first kappa shape index (κ1) is 12.9. The van der Waals surface area contributed by atoms with Gasteiger partial charge in [-0.25, -0.2) is 0 Å². The van der Waals surface area contributed by atoms with Gasteiger partial charge in [0.2, 0.25) is 11.8 Å². The van der Waals surface area contributed by atoms with Crippen molar-refractivity contribution in [1.29, 1.82) is 0 Å². The first-order valence-corrected chi connectivity index (χ1v) is 7.47. The molecular formula is C14H23N3O2. The van der Waals surface area contributed by atoms with E-state index in [1.165, 1.54) is 0 Å². The lowest BCUT2D eigenvalue weighted by atomic mass is 9.91. The van der Waals surface area contributed by atoms with Crippen LogP contribution in [0.1, 0.15) is 32.6 Å². The van der Waals surface area contributed by atoms with Gasteiger partial charge in [0, 0.05) is 44.1 Å². The molecule has 5 nitrogen and oxygen atoms in total.